The molecule has 0 aromatic heterocycles. The van der Waals surface area contributed by atoms with Crippen LogP contribution in [-0.2, 0) is 28.6 Å². The molecule has 0 heterocycles. The van der Waals surface area contributed by atoms with Crippen molar-refractivity contribution >= 4 is 17.9 Å². The van der Waals surface area contributed by atoms with Crippen molar-refractivity contribution in [3.05, 3.63) is 0 Å². The van der Waals surface area contributed by atoms with Crippen LogP contribution in [0.5, 0.6) is 0 Å². The molecular weight excluding hydrogens is 745 g/mol. The maximum atomic E-state index is 12.8. The number of hydrogen-bond donors (Lipinski definition) is 0. The van der Waals surface area contributed by atoms with Crippen molar-refractivity contribution in [2.45, 2.75) is 310 Å². The van der Waals surface area contributed by atoms with Crippen LogP contribution in [0.4, 0.5) is 0 Å². The first-order valence-corrected chi connectivity index (χ1v) is 26.9. The Morgan fingerprint density at radius 3 is 0.817 bits per heavy atom. The highest BCUT2D eigenvalue weighted by Gasteiger charge is 2.19. The summed E-state index contributed by atoms with van der Waals surface area (Å²) < 4.78 is 16.8. The van der Waals surface area contributed by atoms with E-state index in [4.69, 9.17) is 14.2 Å². The summed E-state index contributed by atoms with van der Waals surface area (Å²) in [6.07, 6.45) is 50.9. The molecule has 0 radical (unpaired) electrons. The lowest BCUT2D eigenvalue weighted by molar-refractivity contribution is -0.167. The van der Waals surface area contributed by atoms with Crippen LogP contribution in [-0.4, -0.2) is 37.2 Å². The van der Waals surface area contributed by atoms with Crippen molar-refractivity contribution in [3.63, 3.8) is 0 Å². The molecule has 0 N–H and O–H groups in total. The van der Waals surface area contributed by atoms with Gasteiger partial charge in [0.05, 0.1) is 0 Å². The molecule has 0 aromatic rings. The van der Waals surface area contributed by atoms with E-state index in [-0.39, 0.29) is 31.1 Å². The van der Waals surface area contributed by atoms with E-state index < -0.39 is 6.10 Å². The maximum absolute atomic E-state index is 12.8. The number of esters is 3. The summed E-state index contributed by atoms with van der Waals surface area (Å²) in [5.74, 6) is 0.00985. The molecule has 0 aliphatic heterocycles. The molecule has 356 valence electrons. The largest absolute Gasteiger partial charge is 0.462 e. The van der Waals surface area contributed by atoms with Crippen molar-refractivity contribution < 1.29 is 28.6 Å². The van der Waals surface area contributed by atoms with Gasteiger partial charge in [-0.3, -0.25) is 14.4 Å². The molecule has 0 aromatic carbocycles. The minimum Gasteiger partial charge on any atom is -0.462 e. The molecule has 1 atom stereocenters. The molecule has 60 heavy (non-hydrogen) atoms. The Bertz CT molecular complexity index is 903. The van der Waals surface area contributed by atoms with Gasteiger partial charge in [-0.2, -0.15) is 0 Å². The molecule has 6 heteroatoms. The maximum Gasteiger partial charge on any atom is 0.306 e. The van der Waals surface area contributed by atoms with Crippen molar-refractivity contribution in [1.29, 1.82) is 0 Å². The van der Waals surface area contributed by atoms with Gasteiger partial charge in [0.15, 0.2) is 6.10 Å². The highest BCUT2D eigenvalue weighted by molar-refractivity contribution is 5.71. The summed E-state index contributed by atoms with van der Waals surface area (Å²) in [5, 5.41) is 0. The fourth-order valence-electron chi connectivity index (χ4n) is 8.22. The van der Waals surface area contributed by atoms with Gasteiger partial charge in [-0.15, -0.1) is 0 Å². The third kappa shape index (κ3) is 47.5. The molecule has 0 saturated heterocycles. The Morgan fingerprint density at radius 2 is 0.550 bits per heavy atom. The van der Waals surface area contributed by atoms with Crippen LogP contribution in [0.15, 0.2) is 0 Å². The fourth-order valence-corrected chi connectivity index (χ4v) is 8.22. The van der Waals surface area contributed by atoms with E-state index in [0.29, 0.717) is 19.3 Å². The lowest BCUT2D eigenvalue weighted by Gasteiger charge is -2.18. The number of rotatable bonds is 49. The third-order valence-corrected chi connectivity index (χ3v) is 12.3. The molecule has 0 saturated carbocycles. The molecule has 0 bridgehead atoms. The van der Waals surface area contributed by atoms with E-state index in [1.165, 1.54) is 199 Å². The smallest absolute Gasteiger partial charge is 0.306 e. The predicted molar refractivity (Wildman–Crippen MR) is 257 cm³/mol. The average Bonchev–Trinajstić information content (AvgIpc) is 3.23. The fraction of sp³-hybridized carbons (Fsp3) is 0.944. The highest BCUT2D eigenvalue weighted by atomic mass is 16.6. The molecule has 0 unspecified atom stereocenters. The van der Waals surface area contributed by atoms with Gasteiger partial charge >= 0.3 is 17.9 Å². The van der Waals surface area contributed by atoms with Crippen LogP contribution in [0.3, 0.4) is 0 Å². The quantitative estimate of drug-likeness (QED) is 0.0345. The van der Waals surface area contributed by atoms with Crippen molar-refractivity contribution in [1.82, 2.24) is 0 Å². The van der Waals surface area contributed by atoms with Gasteiger partial charge in [-0.1, -0.05) is 265 Å². The average molecular weight is 849 g/mol. The van der Waals surface area contributed by atoms with Gasteiger partial charge in [0, 0.05) is 19.3 Å². The van der Waals surface area contributed by atoms with Crippen LogP contribution < -0.4 is 0 Å². The number of unbranched alkanes of at least 4 members (excludes halogenated alkanes) is 36. The van der Waals surface area contributed by atoms with E-state index in [2.05, 4.69) is 27.7 Å². The molecular formula is C54H104O6. The zero-order chi connectivity index (χ0) is 43.8. The van der Waals surface area contributed by atoms with Gasteiger partial charge in [0.1, 0.15) is 13.2 Å². The van der Waals surface area contributed by atoms with Crippen LogP contribution in [0.25, 0.3) is 0 Å². The second-order valence-corrected chi connectivity index (χ2v) is 19.0. The van der Waals surface area contributed by atoms with Crippen LogP contribution >= 0.6 is 0 Å². The Balaban J connectivity index is 4.25. The van der Waals surface area contributed by atoms with Crippen LogP contribution in [0.1, 0.15) is 304 Å². The summed E-state index contributed by atoms with van der Waals surface area (Å²) in [6.45, 7) is 9.04. The van der Waals surface area contributed by atoms with Crippen molar-refractivity contribution in [2.24, 2.45) is 5.92 Å². The monoisotopic (exact) mass is 849 g/mol. The highest BCUT2D eigenvalue weighted by Crippen LogP contribution is 2.17. The summed E-state index contributed by atoms with van der Waals surface area (Å²) >= 11 is 0. The number of hydrogen-bond acceptors (Lipinski definition) is 6. The molecule has 0 rings (SSSR count). The van der Waals surface area contributed by atoms with Crippen molar-refractivity contribution in [3.8, 4) is 0 Å². The van der Waals surface area contributed by atoms with Gasteiger partial charge in [0.25, 0.3) is 0 Å². The normalized spacial score (nSPS) is 11.9. The predicted octanol–water partition coefficient (Wildman–Crippen LogP) is 17.5. The number of carbonyl (C=O) groups is 3. The standard InChI is InChI=1S/C54H104O6/c1-5-7-9-11-13-15-17-26-30-34-38-42-46-53(56)59-49-51(48-58-52(55)45-41-37-33-29-24-16-14-12-10-8-6-2)60-54(57)47-43-39-35-31-27-23-21-19-18-20-22-25-28-32-36-40-44-50(3)4/h50-51H,5-49H2,1-4H3/t51-/m1/s1. The number of ether oxygens (including phenoxy) is 3. The lowest BCUT2D eigenvalue weighted by atomic mass is 10.0. The number of carbonyl (C=O) groups excluding carboxylic acids is 3. The second-order valence-electron chi connectivity index (χ2n) is 19.0. The van der Waals surface area contributed by atoms with Gasteiger partial charge < -0.3 is 14.2 Å². The van der Waals surface area contributed by atoms with Crippen LogP contribution in [0, 0.1) is 5.92 Å². The van der Waals surface area contributed by atoms with Gasteiger partial charge in [0.2, 0.25) is 0 Å². The Hall–Kier alpha value is -1.59. The minimum atomic E-state index is -0.760. The van der Waals surface area contributed by atoms with Crippen LogP contribution in [0.2, 0.25) is 0 Å². The van der Waals surface area contributed by atoms with E-state index in [1.54, 1.807) is 0 Å². The molecule has 6 nitrogen and oxygen atoms in total. The molecule has 0 spiro atoms. The Morgan fingerprint density at radius 1 is 0.317 bits per heavy atom. The van der Waals surface area contributed by atoms with E-state index in [9.17, 15) is 14.4 Å². The zero-order valence-corrected chi connectivity index (χ0v) is 40.9. The molecule has 0 aliphatic rings. The third-order valence-electron chi connectivity index (χ3n) is 12.3. The van der Waals surface area contributed by atoms with E-state index >= 15 is 0 Å². The summed E-state index contributed by atoms with van der Waals surface area (Å²) in [5.41, 5.74) is 0. The second kappa shape index (κ2) is 48.4. The first-order valence-electron chi connectivity index (χ1n) is 26.9. The first kappa shape index (κ1) is 58.4. The lowest BCUT2D eigenvalue weighted by Crippen LogP contribution is -2.30. The van der Waals surface area contributed by atoms with E-state index in [1.807, 2.05) is 0 Å². The molecule has 0 fully saturated rings. The SMILES string of the molecule is CCCCCCCCCCCCCCC(=O)OC[C@@H](COC(=O)CCCCCCCCCCCCC)OC(=O)CCCCCCCCCCCCCCCCCCC(C)C. The topological polar surface area (TPSA) is 78.9 Å². The minimum absolute atomic E-state index is 0.0624. The van der Waals surface area contributed by atoms with Gasteiger partial charge in [-0.25, -0.2) is 0 Å². The summed E-state index contributed by atoms with van der Waals surface area (Å²) in [7, 11) is 0. The Kier molecular flexibility index (Phi) is 47.2. The van der Waals surface area contributed by atoms with E-state index in [0.717, 1.165) is 63.7 Å². The van der Waals surface area contributed by atoms with Crippen molar-refractivity contribution in [2.75, 3.05) is 13.2 Å². The molecule has 0 amide bonds. The Labute approximate surface area is 374 Å². The van der Waals surface area contributed by atoms with Gasteiger partial charge in [-0.05, 0) is 25.2 Å². The summed E-state index contributed by atoms with van der Waals surface area (Å²) in [4.78, 5) is 37.9. The molecule has 0 aliphatic carbocycles. The first-order chi connectivity index (χ1) is 29.4. The summed E-state index contributed by atoms with van der Waals surface area (Å²) in [6, 6.07) is 0. The zero-order valence-electron chi connectivity index (χ0n) is 40.9.